The molecular formula is C13H18N2O. The zero-order valence-electron chi connectivity index (χ0n) is 9.79. The Morgan fingerprint density at radius 1 is 1.38 bits per heavy atom. The van der Waals surface area contributed by atoms with E-state index in [0.717, 1.165) is 28.8 Å². The van der Waals surface area contributed by atoms with Crippen LogP contribution in [0.5, 0.6) is 0 Å². The molecule has 2 aromatic rings. The molecule has 0 aliphatic rings. The number of nitrogens with one attached hydrogen (secondary N) is 1. The SMILES string of the molecule is CC(C)NCc1cc2cccc(CN)c2o1. The third kappa shape index (κ3) is 2.26. The second kappa shape index (κ2) is 4.68. The van der Waals surface area contributed by atoms with E-state index >= 15 is 0 Å². The van der Waals surface area contributed by atoms with Gasteiger partial charge in [-0.15, -0.1) is 0 Å². The Morgan fingerprint density at radius 2 is 2.19 bits per heavy atom. The van der Waals surface area contributed by atoms with Gasteiger partial charge in [-0.05, 0) is 6.07 Å². The molecule has 0 bridgehead atoms. The molecule has 0 aliphatic carbocycles. The number of para-hydroxylation sites is 1. The van der Waals surface area contributed by atoms with Gasteiger partial charge in [-0.3, -0.25) is 0 Å². The smallest absolute Gasteiger partial charge is 0.138 e. The normalized spacial score (nSPS) is 11.5. The van der Waals surface area contributed by atoms with Crippen LogP contribution >= 0.6 is 0 Å². The summed E-state index contributed by atoms with van der Waals surface area (Å²) in [5.74, 6) is 0.963. The Morgan fingerprint density at radius 3 is 2.88 bits per heavy atom. The summed E-state index contributed by atoms with van der Waals surface area (Å²) in [7, 11) is 0. The van der Waals surface area contributed by atoms with Gasteiger partial charge >= 0.3 is 0 Å². The van der Waals surface area contributed by atoms with Gasteiger partial charge in [-0.25, -0.2) is 0 Å². The standard InChI is InChI=1S/C13H18N2O/c1-9(2)15-8-12-6-10-4-3-5-11(7-14)13(10)16-12/h3-6,9,15H,7-8,14H2,1-2H3. The van der Waals surface area contributed by atoms with E-state index in [9.17, 15) is 0 Å². The lowest BCUT2D eigenvalue weighted by atomic mass is 10.1. The highest BCUT2D eigenvalue weighted by Gasteiger charge is 2.07. The molecule has 0 spiro atoms. The molecule has 2 rings (SSSR count). The van der Waals surface area contributed by atoms with Crippen LogP contribution in [0.15, 0.2) is 28.7 Å². The Bertz CT molecular complexity index is 474. The number of hydrogen-bond acceptors (Lipinski definition) is 3. The minimum absolute atomic E-state index is 0.460. The second-order valence-electron chi connectivity index (χ2n) is 4.29. The van der Waals surface area contributed by atoms with Gasteiger partial charge < -0.3 is 15.5 Å². The van der Waals surface area contributed by atoms with Gasteiger partial charge in [0.1, 0.15) is 11.3 Å². The molecule has 1 aromatic carbocycles. The molecule has 3 N–H and O–H groups in total. The topological polar surface area (TPSA) is 51.2 Å². The van der Waals surface area contributed by atoms with Gasteiger partial charge in [0.2, 0.25) is 0 Å². The molecule has 0 aliphatic heterocycles. The lowest BCUT2D eigenvalue weighted by molar-refractivity contribution is 0.487. The van der Waals surface area contributed by atoms with E-state index < -0.39 is 0 Å². The maximum absolute atomic E-state index is 5.80. The Labute approximate surface area is 95.6 Å². The van der Waals surface area contributed by atoms with E-state index in [1.54, 1.807) is 0 Å². The van der Waals surface area contributed by atoms with E-state index in [2.05, 4.69) is 31.3 Å². The van der Waals surface area contributed by atoms with Crippen LogP contribution in [-0.2, 0) is 13.1 Å². The molecule has 0 amide bonds. The largest absolute Gasteiger partial charge is 0.459 e. The van der Waals surface area contributed by atoms with Crippen molar-refractivity contribution in [2.45, 2.75) is 33.0 Å². The summed E-state index contributed by atoms with van der Waals surface area (Å²) in [4.78, 5) is 0. The molecule has 3 heteroatoms. The van der Waals surface area contributed by atoms with Gasteiger partial charge in [0.25, 0.3) is 0 Å². The van der Waals surface area contributed by atoms with Crippen LogP contribution in [0, 0.1) is 0 Å². The van der Waals surface area contributed by atoms with Gasteiger partial charge in [-0.2, -0.15) is 0 Å². The first-order valence-corrected chi connectivity index (χ1v) is 5.64. The van der Waals surface area contributed by atoms with Crippen molar-refractivity contribution in [3.05, 3.63) is 35.6 Å². The molecule has 0 saturated heterocycles. The number of nitrogens with two attached hydrogens (primary N) is 1. The van der Waals surface area contributed by atoms with Crippen LogP contribution in [0.4, 0.5) is 0 Å². The molecule has 86 valence electrons. The lowest BCUT2D eigenvalue weighted by Crippen LogP contribution is -2.21. The number of fused-ring (bicyclic) bond motifs is 1. The van der Waals surface area contributed by atoms with E-state index in [0.29, 0.717) is 12.6 Å². The quantitative estimate of drug-likeness (QED) is 0.828. The van der Waals surface area contributed by atoms with E-state index in [1.165, 1.54) is 0 Å². The van der Waals surface area contributed by atoms with Crippen LogP contribution in [-0.4, -0.2) is 6.04 Å². The summed E-state index contributed by atoms with van der Waals surface area (Å²) in [5.41, 5.74) is 7.66. The first kappa shape index (κ1) is 11.2. The number of benzene rings is 1. The Kier molecular flexibility index (Phi) is 3.27. The molecule has 0 saturated carbocycles. The van der Waals surface area contributed by atoms with Crippen molar-refractivity contribution in [1.82, 2.24) is 5.32 Å². The number of rotatable bonds is 4. The average molecular weight is 218 g/mol. The maximum Gasteiger partial charge on any atom is 0.138 e. The first-order valence-electron chi connectivity index (χ1n) is 5.64. The van der Waals surface area contributed by atoms with Crippen molar-refractivity contribution in [2.75, 3.05) is 0 Å². The van der Waals surface area contributed by atoms with E-state index in [1.807, 2.05) is 12.1 Å². The molecule has 0 unspecified atom stereocenters. The van der Waals surface area contributed by atoms with Crippen LogP contribution in [0.1, 0.15) is 25.2 Å². The third-order valence-electron chi connectivity index (χ3n) is 2.58. The Hall–Kier alpha value is -1.32. The van der Waals surface area contributed by atoms with Crippen LogP contribution in [0.3, 0.4) is 0 Å². The molecule has 1 aromatic heterocycles. The highest BCUT2D eigenvalue weighted by molar-refractivity contribution is 5.81. The van der Waals surface area contributed by atoms with Crippen LogP contribution in [0.2, 0.25) is 0 Å². The van der Waals surface area contributed by atoms with E-state index in [-0.39, 0.29) is 0 Å². The van der Waals surface area contributed by atoms with Gasteiger partial charge in [0.15, 0.2) is 0 Å². The van der Waals surface area contributed by atoms with Crippen molar-refractivity contribution < 1.29 is 4.42 Å². The number of furan rings is 1. The summed E-state index contributed by atoms with van der Waals surface area (Å²) in [5, 5.41) is 4.46. The highest BCUT2D eigenvalue weighted by Crippen LogP contribution is 2.22. The highest BCUT2D eigenvalue weighted by atomic mass is 16.3. The molecule has 0 atom stereocenters. The molecule has 1 heterocycles. The zero-order valence-corrected chi connectivity index (χ0v) is 9.79. The van der Waals surface area contributed by atoms with Crippen LogP contribution in [0.25, 0.3) is 11.0 Å². The third-order valence-corrected chi connectivity index (χ3v) is 2.58. The van der Waals surface area contributed by atoms with Gasteiger partial charge in [0.05, 0.1) is 6.54 Å². The minimum Gasteiger partial charge on any atom is -0.459 e. The molecule has 0 fully saturated rings. The number of hydrogen-bond donors (Lipinski definition) is 2. The lowest BCUT2D eigenvalue weighted by Gasteiger charge is -2.04. The summed E-state index contributed by atoms with van der Waals surface area (Å²) >= 11 is 0. The van der Waals surface area contributed by atoms with Gasteiger partial charge in [0, 0.05) is 23.5 Å². The second-order valence-corrected chi connectivity index (χ2v) is 4.29. The molecule has 3 nitrogen and oxygen atoms in total. The van der Waals surface area contributed by atoms with Crippen molar-refractivity contribution in [3.63, 3.8) is 0 Å². The van der Waals surface area contributed by atoms with Crippen molar-refractivity contribution >= 4 is 11.0 Å². The summed E-state index contributed by atoms with van der Waals surface area (Å²) in [6.07, 6.45) is 0. The summed E-state index contributed by atoms with van der Waals surface area (Å²) < 4.78 is 5.80. The van der Waals surface area contributed by atoms with Crippen molar-refractivity contribution in [3.8, 4) is 0 Å². The van der Waals surface area contributed by atoms with Crippen molar-refractivity contribution in [1.29, 1.82) is 0 Å². The fourth-order valence-corrected chi connectivity index (χ4v) is 1.73. The maximum atomic E-state index is 5.80. The van der Waals surface area contributed by atoms with Crippen molar-refractivity contribution in [2.24, 2.45) is 5.73 Å². The van der Waals surface area contributed by atoms with Gasteiger partial charge in [-0.1, -0.05) is 32.0 Å². The molecule has 0 radical (unpaired) electrons. The predicted molar refractivity (Wildman–Crippen MR) is 66.1 cm³/mol. The molecule has 16 heavy (non-hydrogen) atoms. The Balaban J connectivity index is 2.29. The molecular weight excluding hydrogens is 200 g/mol. The minimum atomic E-state index is 0.460. The fourth-order valence-electron chi connectivity index (χ4n) is 1.73. The zero-order chi connectivity index (χ0) is 11.5. The summed E-state index contributed by atoms with van der Waals surface area (Å²) in [6.45, 7) is 5.51. The summed E-state index contributed by atoms with van der Waals surface area (Å²) in [6, 6.07) is 8.61. The van der Waals surface area contributed by atoms with E-state index in [4.69, 9.17) is 10.2 Å². The average Bonchev–Trinajstić information content (AvgIpc) is 2.68. The first-order chi connectivity index (χ1) is 7.70. The predicted octanol–water partition coefficient (Wildman–Crippen LogP) is 2.39. The monoisotopic (exact) mass is 218 g/mol. The fraction of sp³-hybridized carbons (Fsp3) is 0.385. The van der Waals surface area contributed by atoms with Crippen LogP contribution < -0.4 is 11.1 Å².